The monoisotopic (exact) mass is 213 g/mol. The van der Waals surface area contributed by atoms with Gasteiger partial charge < -0.3 is 10.0 Å². The molecule has 0 aromatic rings. The summed E-state index contributed by atoms with van der Waals surface area (Å²) in [5.41, 5.74) is -0.484. The Morgan fingerprint density at radius 2 is 1.80 bits per heavy atom. The molecule has 0 radical (unpaired) electrons. The van der Waals surface area contributed by atoms with E-state index >= 15 is 0 Å². The normalized spacial score (nSPS) is 21.9. The Bertz CT molecular complexity index is 216. The summed E-state index contributed by atoms with van der Waals surface area (Å²) < 4.78 is 0. The van der Waals surface area contributed by atoms with Gasteiger partial charge in [-0.3, -0.25) is 4.79 Å². The average molecular weight is 213 g/mol. The summed E-state index contributed by atoms with van der Waals surface area (Å²) in [4.78, 5) is 13.5. The molecule has 0 amide bonds. The first-order valence-corrected chi connectivity index (χ1v) is 6.01. The lowest BCUT2D eigenvalue weighted by molar-refractivity contribution is -0.151. The van der Waals surface area contributed by atoms with Crippen molar-refractivity contribution < 1.29 is 9.90 Å². The van der Waals surface area contributed by atoms with Gasteiger partial charge in [0.05, 0.1) is 5.41 Å². The van der Waals surface area contributed by atoms with E-state index in [1.807, 2.05) is 6.92 Å². The highest BCUT2D eigenvalue weighted by molar-refractivity contribution is 5.74. The third-order valence-electron chi connectivity index (χ3n) is 3.88. The number of aliphatic carboxylic acids is 1. The summed E-state index contributed by atoms with van der Waals surface area (Å²) >= 11 is 0. The molecule has 1 rings (SSSR count). The molecule has 1 heterocycles. The van der Waals surface area contributed by atoms with Crippen LogP contribution in [0.25, 0.3) is 0 Å². The minimum atomic E-state index is -0.633. The SMILES string of the molecule is CCC(CC)N1CCC(C)(C(=O)O)CC1. The van der Waals surface area contributed by atoms with Crippen LogP contribution in [0.5, 0.6) is 0 Å². The van der Waals surface area contributed by atoms with Crippen LogP contribution in [0.3, 0.4) is 0 Å². The quantitative estimate of drug-likeness (QED) is 0.779. The van der Waals surface area contributed by atoms with Gasteiger partial charge in [-0.2, -0.15) is 0 Å². The summed E-state index contributed by atoms with van der Waals surface area (Å²) in [5.74, 6) is -0.633. The van der Waals surface area contributed by atoms with E-state index in [2.05, 4.69) is 18.7 Å². The highest BCUT2D eigenvalue weighted by Gasteiger charge is 2.37. The third-order valence-corrected chi connectivity index (χ3v) is 3.88. The van der Waals surface area contributed by atoms with Gasteiger partial charge in [-0.05, 0) is 45.7 Å². The summed E-state index contributed by atoms with van der Waals surface area (Å²) in [5, 5.41) is 9.12. The van der Waals surface area contributed by atoms with Crippen LogP contribution >= 0.6 is 0 Å². The third kappa shape index (κ3) is 2.71. The van der Waals surface area contributed by atoms with Crippen molar-refractivity contribution in [1.29, 1.82) is 0 Å². The molecule has 0 aliphatic carbocycles. The molecule has 1 aliphatic rings. The zero-order chi connectivity index (χ0) is 11.5. The van der Waals surface area contributed by atoms with Crippen LogP contribution < -0.4 is 0 Å². The number of carboxylic acid groups (broad SMARTS) is 1. The van der Waals surface area contributed by atoms with E-state index in [1.54, 1.807) is 0 Å². The van der Waals surface area contributed by atoms with Crippen LogP contribution in [0.1, 0.15) is 46.5 Å². The maximum atomic E-state index is 11.1. The van der Waals surface area contributed by atoms with E-state index in [9.17, 15) is 4.79 Å². The topological polar surface area (TPSA) is 40.5 Å². The van der Waals surface area contributed by atoms with Crippen LogP contribution in [0.15, 0.2) is 0 Å². The van der Waals surface area contributed by atoms with Gasteiger partial charge in [-0.1, -0.05) is 13.8 Å². The molecular weight excluding hydrogens is 190 g/mol. The van der Waals surface area contributed by atoms with E-state index in [4.69, 9.17) is 5.11 Å². The van der Waals surface area contributed by atoms with Crippen LogP contribution in [-0.4, -0.2) is 35.1 Å². The molecule has 0 bridgehead atoms. The zero-order valence-corrected chi connectivity index (χ0v) is 10.1. The lowest BCUT2D eigenvalue weighted by Crippen LogP contribution is -2.46. The van der Waals surface area contributed by atoms with Crippen molar-refractivity contribution in [3.63, 3.8) is 0 Å². The second kappa shape index (κ2) is 4.97. The second-order valence-corrected chi connectivity index (χ2v) is 4.87. The van der Waals surface area contributed by atoms with E-state index < -0.39 is 11.4 Å². The summed E-state index contributed by atoms with van der Waals surface area (Å²) in [6.45, 7) is 8.17. The smallest absolute Gasteiger partial charge is 0.309 e. The molecule has 15 heavy (non-hydrogen) atoms. The molecule has 1 fully saturated rings. The number of rotatable bonds is 4. The minimum Gasteiger partial charge on any atom is -0.481 e. The molecule has 1 N–H and O–H groups in total. The first-order chi connectivity index (χ1) is 7.03. The van der Waals surface area contributed by atoms with E-state index in [1.165, 1.54) is 12.8 Å². The summed E-state index contributed by atoms with van der Waals surface area (Å²) in [6.07, 6.45) is 3.91. The van der Waals surface area contributed by atoms with Crippen molar-refractivity contribution in [2.24, 2.45) is 5.41 Å². The van der Waals surface area contributed by atoms with Crippen LogP contribution in [-0.2, 0) is 4.79 Å². The van der Waals surface area contributed by atoms with Crippen molar-refractivity contribution in [1.82, 2.24) is 4.90 Å². The molecular formula is C12H23NO2. The predicted molar refractivity (Wildman–Crippen MR) is 60.9 cm³/mol. The predicted octanol–water partition coefficient (Wildman–Crippen LogP) is 2.36. The van der Waals surface area contributed by atoms with Crippen molar-refractivity contribution in [2.75, 3.05) is 13.1 Å². The molecule has 0 aromatic heterocycles. The fourth-order valence-corrected chi connectivity index (χ4v) is 2.40. The van der Waals surface area contributed by atoms with Gasteiger partial charge in [0.25, 0.3) is 0 Å². The Morgan fingerprint density at radius 3 is 2.13 bits per heavy atom. The van der Waals surface area contributed by atoms with Gasteiger partial charge in [0.2, 0.25) is 0 Å². The maximum absolute atomic E-state index is 11.1. The molecule has 0 unspecified atom stereocenters. The van der Waals surface area contributed by atoms with Gasteiger partial charge in [0, 0.05) is 6.04 Å². The molecule has 0 aromatic carbocycles. The molecule has 0 atom stereocenters. The van der Waals surface area contributed by atoms with Gasteiger partial charge >= 0.3 is 5.97 Å². The average Bonchev–Trinajstić information content (AvgIpc) is 2.22. The highest BCUT2D eigenvalue weighted by Crippen LogP contribution is 2.32. The number of hydrogen-bond donors (Lipinski definition) is 1. The molecule has 1 aliphatic heterocycles. The molecule has 0 spiro atoms. The second-order valence-electron chi connectivity index (χ2n) is 4.87. The molecule has 88 valence electrons. The Morgan fingerprint density at radius 1 is 1.33 bits per heavy atom. The van der Waals surface area contributed by atoms with E-state index in [0.29, 0.717) is 6.04 Å². The number of carboxylic acids is 1. The minimum absolute atomic E-state index is 0.484. The largest absolute Gasteiger partial charge is 0.481 e. The Hall–Kier alpha value is -0.570. The molecule has 0 saturated carbocycles. The Kier molecular flexibility index (Phi) is 4.14. The van der Waals surface area contributed by atoms with Crippen molar-refractivity contribution >= 4 is 5.97 Å². The van der Waals surface area contributed by atoms with Gasteiger partial charge in [-0.25, -0.2) is 0 Å². The first-order valence-electron chi connectivity index (χ1n) is 6.01. The van der Waals surface area contributed by atoms with E-state index in [-0.39, 0.29) is 0 Å². The van der Waals surface area contributed by atoms with Crippen LogP contribution in [0.4, 0.5) is 0 Å². The number of carbonyl (C=O) groups is 1. The zero-order valence-electron chi connectivity index (χ0n) is 10.1. The lowest BCUT2D eigenvalue weighted by Gasteiger charge is -2.40. The summed E-state index contributed by atoms with van der Waals surface area (Å²) in [6, 6.07) is 0.642. The molecule has 3 nitrogen and oxygen atoms in total. The molecule has 3 heteroatoms. The van der Waals surface area contributed by atoms with E-state index in [0.717, 1.165) is 25.9 Å². The first kappa shape index (κ1) is 12.5. The van der Waals surface area contributed by atoms with Crippen molar-refractivity contribution in [3.05, 3.63) is 0 Å². The number of hydrogen-bond acceptors (Lipinski definition) is 2. The van der Waals surface area contributed by atoms with Crippen molar-refractivity contribution in [3.8, 4) is 0 Å². The fraction of sp³-hybridized carbons (Fsp3) is 0.917. The van der Waals surface area contributed by atoms with Crippen LogP contribution in [0, 0.1) is 5.41 Å². The lowest BCUT2D eigenvalue weighted by atomic mass is 9.80. The van der Waals surface area contributed by atoms with Crippen molar-refractivity contribution in [2.45, 2.75) is 52.5 Å². The van der Waals surface area contributed by atoms with Gasteiger partial charge in [-0.15, -0.1) is 0 Å². The number of nitrogens with zero attached hydrogens (tertiary/aromatic N) is 1. The Labute approximate surface area is 92.5 Å². The number of piperidine rings is 1. The number of likely N-dealkylation sites (tertiary alicyclic amines) is 1. The highest BCUT2D eigenvalue weighted by atomic mass is 16.4. The summed E-state index contributed by atoms with van der Waals surface area (Å²) in [7, 11) is 0. The maximum Gasteiger partial charge on any atom is 0.309 e. The standard InChI is InChI=1S/C12H23NO2/c1-4-10(5-2)13-8-6-12(3,7-9-13)11(14)15/h10H,4-9H2,1-3H3,(H,14,15). The van der Waals surface area contributed by atoms with Gasteiger partial charge in [0.1, 0.15) is 0 Å². The Balaban J connectivity index is 2.51. The van der Waals surface area contributed by atoms with Gasteiger partial charge in [0.15, 0.2) is 0 Å². The fourth-order valence-electron chi connectivity index (χ4n) is 2.40. The molecule has 1 saturated heterocycles. The van der Waals surface area contributed by atoms with Crippen LogP contribution in [0.2, 0.25) is 0 Å².